The Bertz CT molecular complexity index is 772. The van der Waals surface area contributed by atoms with Gasteiger partial charge in [-0.25, -0.2) is 0 Å². The maximum atomic E-state index is 6.69. The minimum Gasteiger partial charge on any atom is -0.356 e. The van der Waals surface area contributed by atoms with Gasteiger partial charge in [0.05, 0.1) is 0 Å². The van der Waals surface area contributed by atoms with Crippen LogP contribution in [0.3, 0.4) is 0 Å². The van der Waals surface area contributed by atoms with Gasteiger partial charge in [0.2, 0.25) is 0 Å². The van der Waals surface area contributed by atoms with Crippen molar-refractivity contribution in [1.29, 1.82) is 0 Å². The summed E-state index contributed by atoms with van der Waals surface area (Å²) in [5.41, 5.74) is 8.16. The second-order valence-corrected chi connectivity index (χ2v) is 7.63. The van der Waals surface area contributed by atoms with Gasteiger partial charge in [0, 0.05) is 16.4 Å². The molecule has 0 saturated carbocycles. The molecule has 0 aliphatic carbocycles. The van der Waals surface area contributed by atoms with Crippen molar-refractivity contribution in [2.45, 2.75) is 60.3 Å². The summed E-state index contributed by atoms with van der Waals surface area (Å²) in [6.45, 7) is 15.2. The summed E-state index contributed by atoms with van der Waals surface area (Å²) in [7, 11) is 0. The van der Waals surface area contributed by atoms with E-state index in [0.717, 1.165) is 34.8 Å². The standard InChI is InChI=1S/C24H32ClN/c1-7-19(8-2)13-22-15-21(14-20(9-3)24(22)25)18(6)26-23-11-10-16(4)17(5)12-23/h10-12,14-15,19,26H,6-9,13H2,1-5H3. The lowest BCUT2D eigenvalue weighted by Gasteiger charge is -2.18. The predicted molar refractivity (Wildman–Crippen MR) is 117 cm³/mol. The number of anilines is 1. The molecule has 2 heteroatoms. The van der Waals surface area contributed by atoms with Crippen LogP contribution in [0.4, 0.5) is 5.69 Å². The van der Waals surface area contributed by atoms with Gasteiger partial charge in [0.25, 0.3) is 0 Å². The van der Waals surface area contributed by atoms with Crippen LogP contribution < -0.4 is 5.32 Å². The summed E-state index contributed by atoms with van der Waals surface area (Å²) in [4.78, 5) is 0. The molecule has 140 valence electrons. The van der Waals surface area contributed by atoms with E-state index in [0.29, 0.717) is 5.92 Å². The van der Waals surface area contributed by atoms with Gasteiger partial charge in [0.1, 0.15) is 0 Å². The third kappa shape index (κ3) is 4.92. The van der Waals surface area contributed by atoms with Crippen LogP contribution in [0, 0.1) is 19.8 Å². The van der Waals surface area contributed by atoms with Gasteiger partial charge in [0.15, 0.2) is 0 Å². The maximum absolute atomic E-state index is 6.69. The monoisotopic (exact) mass is 369 g/mol. The van der Waals surface area contributed by atoms with Crippen LogP contribution in [0.2, 0.25) is 5.02 Å². The van der Waals surface area contributed by atoms with E-state index in [4.69, 9.17) is 11.6 Å². The van der Waals surface area contributed by atoms with Crippen molar-refractivity contribution in [2.75, 3.05) is 5.32 Å². The van der Waals surface area contributed by atoms with Crippen LogP contribution in [0.15, 0.2) is 36.9 Å². The van der Waals surface area contributed by atoms with Crippen LogP contribution in [-0.2, 0) is 12.8 Å². The number of nitrogens with one attached hydrogen (secondary N) is 1. The van der Waals surface area contributed by atoms with Crippen molar-refractivity contribution in [3.8, 4) is 0 Å². The number of benzene rings is 2. The summed E-state index contributed by atoms with van der Waals surface area (Å²) < 4.78 is 0. The van der Waals surface area contributed by atoms with Crippen molar-refractivity contribution in [3.63, 3.8) is 0 Å². The highest BCUT2D eigenvalue weighted by Gasteiger charge is 2.14. The molecule has 0 aliphatic heterocycles. The molecule has 2 aromatic rings. The molecule has 0 aliphatic rings. The molecule has 26 heavy (non-hydrogen) atoms. The van der Waals surface area contributed by atoms with Crippen molar-refractivity contribution in [2.24, 2.45) is 5.92 Å². The number of rotatable bonds is 8. The fourth-order valence-corrected chi connectivity index (χ4v) is 3.60. The number of hydrogen-bond donors (Lipinski definition) is 1. The molecule has 0 spiro atoms. The first kappa shape index (κ1) is 20.6. The number of halogens is 1. The number of aryl methyl sites for hydroxylation is 3. The van der Waals surface area contributed by atoms with Crippen molar-refractivity contribution in [3.05, 3.63) is 69.8 Å². The van der Waals surface area contributed by atoms with Crippen LogP contribution in [0.1, 0.15) is 61.4 Å². The maximum Gasteiger partial charge on any atom is 0.0470 e. The summed E-state index contributed by atoms with van der Waals surface area (Å²) in [6.07, 6.45) is 4.32. The van der Waals surface area contributed by atoms with Crippen molar-refractivity contribution in [1.82, 2.24) is 0 Å². The quantitative estimate of drug-likeness (QED) is 0.505. The van der Waals surface area contributed by atoms with Crippen LogP contribution in [0.25, 0.3) is 5.70 Å². The first-order chi connectivity index (χ1) is 12.4. The Hall–Kier alpha value is -1.73. The van der Waals surface area contributed by atoms with E-state index in [1.807, 2.05) is 0 Å². The lowest BCUT2D eigenvalue weighted by molar-refractivity contribution is 0.490. The minimum absolute atomic E-state index is 0.674. The molecule has 2 aromatic carbocycles. The normalized spacial score (nSPS) is 11.0. The average Bonchev–Trinajstić information content (AvgIpc) is 2.63. The largest absolute Gasteiger partial charge is 0.356 e. The molecule has 0 fully saturated rings. The molecular formula is C24H32ClN. The Kier molecular flexibility index (Phi) is 7.34. The van der Waals surface area contributed by atoms with E-state index < -0.39 is 0 Å². The summed E-state index contributed by atoms with van der Waals surface area (Å²) in [5.74, 6) is 0.674. The third-order valence-corrected chi connectivity index (χ3v) is 5.90. The zero-order chi connectivity index (χ0) is 19.3. The van der Waals surface area contributed by atoms with E-state index in [1.165, 1.54) is 35.1 Å². The van der Waals surface area contributed by atoms with Crippen molar-refractivity contribution >= 4 is 23.0 Å². The van der Waals surface area contributed by atoms with Gasteiger partial charge in [-0.05, 0) is 84.7 Å². The molecule has 1 nitrogen and oxygen atoms in total. The lowest BCUT2D eigenvalue weighted by Crippen LogP contribution is -2.06. The molecule has 0 aromatic heterocycles. The highest BCUT2D eigenvalue weighted by molar-refractivity contribution is 6.32. The summed E-state index contributed by atoms with van der Waals surface area (Å²) in [5, 5.41) is 4.40. The second-order valence-electron chi connectivity index (χ2n) is 7.25. The lowest BCUT2D eigenvalue weighted by atomic mass is 9.91. The molecule has 0 heterocycles. The molecule has 0 atom stereocenters. The first-order valence-electron chi connectivity index (χ1n) is 9.74. The Morgan fingerprint density at radius 2 is 1.65 bits per heavy atom. The van der Waals surface area contributed by atoms with Gasteiger partial charge in [-0.2, -0.15) is 0 Å². The van der Waals surface area contributed by atoms with E-state index in [9.17, 15) is 0 Å². The molecule has 0 unspecified atom stereocenters. The average molecular weight is 370 g/mol. The van der Waals surface area contributed by atoms with Gasteiger partial charge >= 0.3 is 0 Å². The molecule has 0 saturated heterocycles. The van der Waals surface area contributed by atoms with Gasteiger partial charge in [-0.1, -0.05) is 57.9 Å². The van der Waals surface area contributed by atoms with E-state index in [-0.39, 0.29) is 0 Å². The molecule has 0 radical (unpaired) electrons. The SMILES string of the molecule is C=C(Nc1ccc(C)c(C)c1)c1cc(CC)c(Cl)c(CC(CC)CC)c1. The summed E-state index contributed by atoms with van der Waals surface area (Å²) >= 11 is 6.69. The van der Waals surface area contributed by atoms with Gasteiger partial charge in [-0.15, -0.1) is 0 Å². The highest BCUT2D eigenvalue weighted by atomic mass is 35.5. The first-order valence-corrected chi connectivity index (χ1v) is 10.1. The van der Waals surface area contributed by atoms with Gasteiger partial charge < -0.3 is 5.32 Å². The fourth-order valence-electron chi connectivity index (χ4n) is 3.28. The molecule has 0 amide bonds. The molecule has 2 rings (SSSR count). The predicted octanol–water partition coefficient (Wildman–Crippen LogP) is 7.58. The topological polar surface area (TPSA) is 12.0 Å². The zero-order valence-corrected chi connectivity index (χ0v) is 17.6. The minimum atomic E-state index is 0.674. The Balaban J connectivity index is 2.32. The van der Waals surface area contributed by atoms with E-state index >= 15 is 0 Å². The van der Waals surface area contributed by atoms with E-state index in [2.05, 4.69) is 76.8 Å². The van der Waals surface area contributed by atoms with E-state index in [1.54, 1.807) is 0 Å². The molecule has 0 bridgehead atoms. The Morgan fingerprint density at radius 3 is 2.23 bits per heavy atom. The Labute approximate surface area is 164 Å². The summed E-state index contributed by atoms with van der Waals surface area (Å²) in [6, 6.07) is 10.8. The smallest absolute Gasteiger partial charge is 0.0470 e. The highest BCUT2D eigenvalue weighted by Crippen LogP contribution is 2.30. The fraction of sp³-hybridized carbons (Fsp3) is 0.417. The molecular weight excluding hydrogens is 338 g/mol. The zero-order valence-electron chi connectivity index (χ0n) is 16.9. The van der Waals surface area contributed by atoms with Crippen molar-refractivity contribution < 1.29 is 0 Å². The van der Waals surface area contributed by atoms with Gasteiger partial charge in [-0.3, -0.25) is 0 Å². The second kappa shape index (κ2) is 9.28. The third-order valence-electron chi connectivity index (χ3n) is 5.42. The van der Waals surface area contributed by atoms with Crippen LogP contribution >= 0.6 is 11.6 Å². The molecule has 1 N–H and O–H groups in total. The van der Waals surface area contributed by atoms with Crippen LogP contribution in [-0.4, -0.2) is 0 Å². The Morgan fingerprint density at radius 1 is 1.00 bits per heavy atom. The number of hydrogen-bond acceptors (Lipinski definition) is 1. The van der Waals surface area contributed by atoms with Crippen LogP contribution in [0.5, 0.6) is 0 Å².